The molecule has 0 fully saturated rings. The van der Waals surface area contributed by atoms with Crippen molar-refractivity contribution >= 4 is 11.6 Å². The first-order valence-corrected chi connectivity index (χ1v) is 5.39. The Kier molecular flexibility index (Phi) is 4.06. The molecule has 5 nitrogen and oxygen atoms in total. The van der Waals surface area contributed by atoms with Gasteiger partial charge in [0, 0.05) is 26.7 Å². The molecule has 0 saturated carbocycles. The molecular formula is C11H21N5. The Morgan fingerprint density at radius 2 is 2.12 bits per heavy atom. The fraction of sp³-hybridized carbons (Fsp3) is 0.636. The summed E-state index contributed by atoms with van der Waals surface area (Å²) in [6, 6.07) is 1.92. The van der Waals surface area contributed by atoms with Gasteiger partial charge in [-0.2, -0.15) is 0 Å². The number of nitrogens with one attached hydrogen (secondary N) is 1. The Balaban J connectivity index is 2.76. The van der Waals surface area contributed by atoms with Crippen molar-refractivity contribution < 1.29 is 0 Å². The van der Waals surface area contributed by atoms with Gasteiger partial charge in [0.15, 0.2) is 0 Å². The van der Waals surface area contributed by atoms with E-state index < -0.39 is 0 Å². The predicted molar refractivity (Wildman–Crippen MR) is 67.7 cm³/mol. The molecule has 0 unspecified atom stereocenters. The second-order valence-corrected chi connectivity index (χ2v) is 4.74. The highest BCUT2D eigenvalue weighted by atomic mass is 15.2. The molecule has 0 aliphatic carbocycles. The van der Waals surface area contributed by atoms with Crippen LogP contribution in [0.4, 0.5) is 11.6 Å². The molecule has 5 heteroatoms. The normalized spacial score (nSPS) is 11.3. The van der Waals surface area contributed by atoms with Crippen LogP contribution in [0.3, 0.4) is 0 Å². The van der Waals surface area contributed by atoms with E-state index in [4.69, 9.17) is 5.73 Å². The van der Waals surface area contributed by atoms with E-state index in [0.29, 0.717) is 6.54 Å². The Morgan fingerprint density at radius 3 is 2.69 bits per heavy atom. The van der Waals surface area contributed by atoms with E-state index in [1.165, 1.54) is 0 Å². The van der Waals surface area contributed by atoms with E-state index in [1.54, 1.807) is 6.33 Å². The lowest BCUT2D eigenvalue weighted by Crippen LogP contribution is -2.37. The van der Waals surface area contributed by atoms with Gasteiger partial charge in [-0.3, -0.25) is 0 Å². The standard InChI is InChI=1S/C11H21N5/c1-11(2,6-12)7-16(4)10-5-9(13-3)14-8-15-10/h5,8H,6-7,12H2,1-4H3,(H,13,14,15). The van der Waals surface area contributed by atoms with Crippen LogP contribution in [-0.4, -0.2) is 37.2 Å². The van der Waals surface area contributed by atoms with Gasteiger partial charge in [-0.25, -0.2) is 9.97 Å². The highest BCUT2D eigenvalue weighted by Gasteiger charge is 2.19. The summed E-state index contributed by atoms with van der Waals surface area (Å²) in [4.78, 5) is 10.4. The molecule has 0 bridgehead atoms. The summed E-state index contributed by atoms with van der Waals surface area (Å²) in [5.74, 6) is 1.73. The van der Waals surface area contributed by atoms with E-state index in [1.807, 2.05) is 20.2 Å². The lowest BCUT2D eigenvalue weighted by Gasteiger charge is -2.29. The van der Waals surface area contributed by atoms with Gasteiger partial charge >= 0.3 is 0 Å². The fourth-order valence-electron chi connectivity index (χ4n) is 1.48. The number of anilines is 2. The smallest absolute Gasteiger partial charge is 0.133 e. The highest BCUT2D eigenvalue weighted by Crippen LogP contribution is 2.19. The molecule has 0 amide bonds. The van der Waals surface area contributed by atoms with Crippen LogP contribution in [0.5, 0.6) is 0 Å². The Morgan fingerprint density at radius 1 is 1.44 bits per heavy atom. The summed E-state index contributed by atoms with van der Waals surface area (Å²) in [5, 5.41) is 3.00. The third kappa shape index (κ3) is 3.34. The van der Waals surface area contributed by atoms with Crippen LogP contribution in [-0.2, 0) is 0 Å². The Labute approximate surface area is 97.1 Å². The monoisotopic (exact) mass is 223 g/mol. The summed E-state index contributed by atoms with van der Waals surface area (Å²) in [6.45, 7) is 5.80. The molecule has 0 aromatic carbocycles. The SMILES string of the molecule is CNc1cc(N(C)CC(C)(C)CN)ncn1. The molecule has 0 aliphatic rings. The molecule has 0 saturated heterocycles. The summed E-state index contributed by atoms with van der Waals surface area (Å²) < 4.78 is 0. The van der Waals surface area contributed by atoms with Crippen molar-refractivity contribution in [1.29, 1.82) is 0 Å². The Bertz CT molecular complexity index is 337. The van der Waals surface area contributed by atoms with Gasteiger partial charge in [0.1, 0.15) is 18.0 Å². The number of nitrogens with zero attached hydrogens (tertiary/aromatic N) is 3. The van der Waals surface area contributed by atoms with Crippen molar-refractivity contribution in [1.82, 2.24) is 9.97 Å². The first kappa shape index (κ1) is 12.7. The molecule has 90 valence electrons. The average Bonchev–Trinajstić information content (AvgIpc) is 2.28. The molecular weight excluding hydrogens is 202 g/mol. The summed E-state index contributed by atoms with van der Waals surface area (Å²) in [7, 11) is 3.86. The van der Waals surface area contributed by atoms with Crippen LogP contribution in [0.25, 0.3) is 0 Å². The van der Waals surface area contributed by atoms with Crippen LogP contribution >= 0.6 is 0 Å². The van der Waals surface area contributed by atoms with E-state index in [2.05, 4.69) is 34.0 Å². The van der Waals surface area contributed by atoms with Crippen LogP contribution in [0, 0.1) is 5.41 Å². The molecule has 1 rings (SSSR count). The molecule has 0 spiro atoms. The first-order valence-electron chi connectivity index (χ1n) is 5.39. The maximum absolute atomic E-state index is 5.72. The fourth-order valence-corrected chi connectivity index (χ4v) is 1.48. The zero-order chi connectivity index (χ0) is 12.2. The molecule has 0 atom stereocenters. The second kappa shape index (κ2) is 5.12. The average molecular weight is 223 g/mol. The predicted octanol–water partition coefficient (Wildman–Crippen LogP) is 0.939. The summed E-state index contributed by atoms with van der Waals surface area (Å²) in [5.41, 5.74) is 5.80. The van der Waals surface area contributed by atoms with Crippen molar-refractivity contribution in [3.05, 3.63) is 12.4 Å². The number of hydrogen-bond acceptors (Lipinski definition) is 5. The van der Waals surface area contributed by atoms with Crippen LogP contribution in [0.1, 0.15) is 13.8 Å². The third-order valence-electron chi connectivity index (χ3n) is 2.52. The van der Waals surface area contributed by atoms with Gasteiger partial charge in [-0.15, -0.1) is 0 Å². The minimum Gasteiger partial charge on any atom is -0.373 e. The number of aromatic nitrogens is 2. The van der Waals surface area contributed by atoms with E-state index in [-0.39, 0.29) is 5.41 Å². The van der Waals surface area contributed by atoms with E-state index in [0.717, 1.165) is 18.2 Å². The Hall–Kier alpha value is -1.36. The topological polar surface area (TPSA) is 67.1 Å². The van der Waals surface area contributed by atoms with Gasteiger partial charge in [-0.1, -0.05) is 13.8 Å². The van der Waals surface area contributed by atoms with Gasteiger partial charge in [-0.05, 0) is 12.0 Å². The number of rotatable bonds is 5. The zero-order valence-electron chi connectivity index (χ0n) is 10.5. The quantitative estimate of drug-likeness (QED) is 0.777. The van der Waals surface area contributed by atoms with Crippen LogP contribution in [0.2, 0.25) is 0 Å². The summed E-state index contributed by atoms with van der Waals surface area (Å²) >= 11 is 0. The van der Waals surface area contributed by atoms with Crippen molar-refractivity contribution in [2.75, 3.05) is 37.4 Å². The first-order chi connectivity index (χ1) is 7.48. The maximum Gasteiger partial charge on any atom is 0.133 e. The second-order valence-electron chi connectivity index (χ2n) is 4.74. The van der Waals surface area contributed by atoms with E-state index in [9.17, 15) is 0 Å². The third-order valence-corrected chi connectivity index (χ3v) is 2.52. The minimum absolute atomic E-state index is 0.0828. The van der Waals surface area contributed by atoms with Crippen LogP contribution < -0.4 is 16.0 Å². The lowest BCUT2D eigenvalue weighted by molar-refractivity contribution is 0.384. The molecule has 0 aliphatic heterocycles. The zero-order valence-corrected chi connectivity index (χ0v) is 10.5. The van der Waals surface area contributed by atoms with Gasteiger partial charge in [0.25, 0.3) is 0 Å². The van der Waals surface area contributed by atoms with Crippen molar-refractivity contribution in [2.45, 2.75) is 13.8 Å². The van der Waals surface area contributed by atoms with E-state index >= 15 is 0 Å². The van der Waals surface area contributed by atoms with Crippen molar-refractivity contribution in [2.24, 2.45) is 11.1 Å². The summed E-state index contributed by atoms with van der Waals surface area (Å²) in [6.07, 6.45) is 1.56. The molecule has 16 heavy (non-hydrogen) atoms. The van der Waals surface area contributed by atoms with Crippen LogP contribution in [0.15, 0.2) is 12.4 Å². The lowest BCUT2D eigenvalue weighted by atomic mass is 9.93. The van der Waals surface area contributed by atoms with Crippen molar-refractivity contribution in [3.8, 4) is 0 Å². The highest BCUT2D eigenvalue weighted by molar-refractivity contribution is 5.47. The van der Waals surface area contributed by atoms with Gasteiger partial charge in [0.2, 0.25) is 0 Å². The number of nitrogens with two attached hydrogens (primary N) is 1. The van der Waals surface area contributed by atoms with Gasteiger partial charge in [0.05, 0.1) is 0 Å². The largest absolute Gasteiger partial charge is 0.373 e. The van der Waals surface area contributed by atoms with Gasteiger partial charge < -0.3 is 16.0 Å². The maximum atomic E-state index is 5.72. The molecule has 0 radical (unpaired) electrons. The van der Waals surface area contributed by atoms with Crippen molar-refractivity contribution in [3.63, 3.8) is 0 Å². The molecule has 3 N–H and O–H groups in total. The molecule has 1 heterocycles. The number of hydrogen-bond donors (Lipinski definition) is 2. The molecule has 1 aromatic rings. The molecule has 1 aromatic heterocycles. The minimum atomic E-state index is 0.0828.